The van der Waals surface area contributed by atoms with Gasteiger partial charge in [-0.15, -0.1) is 34.0 Å². The van der Waals surface area contributed by atoms with Crippen molar-refractivity contribution in [2.45, 2.75) is 40.0 Å². The van der Waals surface area contributed by atoms with Gasteiger partial charge in [0.25, 0.3) is 0 Å². The van der Waals surface area contributed by atoms with E-state index in [0.717, 1.165) is 5.69 Å². The van der Waals surface area contributed by atoms with Crippen LogP contribution >= 0.6 is 34.0 Å². The Balaban J connectivity index is 1.67. The summed E-state index contributed by atoms with van der Waals surface area (Å²) in [6.45, 7) is 11.4. The minimum Gasteiger partial charge on any atom is -0.255 e. The van der Waals surface area contributed by atoms with Crippen LogP contribution in [0.15, 0.2) is 48.0 Å². The molecule has 0 atom stereocenters. The van der Waals surface area contributed by atoms with Gasteiger partial charge in [0.1, 0.15) is 0 Å². The summed E-state index contributed by atoms with van der Waals surface area (Å²) >= 11 is 5.62. The van der Waals surface area contributed by atoms with Crippen molar-refractivity contribution >= 4 is 74.4 Å². The van der Waals surface area contributed by atoms with Gasteiger partial charge in [-0.3, -0.25) is 4.98 Å². The maximum Gasteiger partial charge on any atom is 0.0880 e. The first-order valence-corrected chi connectivity index (χ1v) is 13.1. The molecular formula is C27H23NS3. The van der Waals surface area contributed by atoms with Gasteiger partial charge in [0, 0.05) is 41.5 Å². The molecule has 4 heteroatoms. The summed E-state index contributed by atoms with van der Waals surface area (Å²) in [6.07, 6.45) is 1.98. The lowest BCUT2D eigenvalue weighted by Gasteiger charge is -2.21. The van der Waals surface area contributed by atoms with Gasteiger partial charge >= 0.3 is 0 Å². The van der Waals surface area contributed by atoms with Crippen molar-refractivity contribution in [1.82, 2.24) is 4.98 Å². The van der Waals surface area contributed by atoms with Gasteiger partial charge in [-0.2, -0.15) is 0 Å². The Bertz CT molecular complexity index is 1640. The van der Waals surface area contributed by atoms with Crippen LogP contribution < -0.4 is 0 Å². The SMILES string of the molecule is Cc1sc2cc3sc4c(-c5cc(C(C)(C)C)c6sccc6c5)nccc4c3cc2c1C. The molecule has 0 amide bonds. The summed E-state index contributed by atoms with van der Waals surface area (Å²) in [5.41, 5.74) is 5.23. The fourth-order valence-corrected chi connectivity index (χ4v) is 8.02. The standard InChI is InChI=1S/C27H23NS3/c1-14-15(2)30-22-13-23-20(12-19(14)22)18-6-8-28-24(26(18)31-23)17-10-16-7-9-29-25(16)21(11-17)27(3,4)5/h6-13H,1-5H3. The number of hydrogen-bond acceptors (Lipinski definition) is 4. The Morgan fingerprint density at radius 3 is 2.42 bits per heavy atom. The smallest absolute Gasteiger partial charge is 0.0880 e. The summed E-state index contributed by atoms with van der Waals surface area (Å²) in [7, 11) is 0. The van der Waals surface area contributed by atoms with Crippen molar-refractivity contribution in [3.63, 3.8) is 0 Å². The highest BCUT2D eigenvalue weighted by atomic mass is 32.1. The number of thiophene rings is 3. The molecule has 31 heavy (non-hydrogen) atoms. The van der Waals surface area contributed by atoms with Crippen LogP contribution in [0.3, 0.4) is 0 Å². The van der Waals surface area contributed by atoms with E-state index in [-0.39, 0.29) is 5.41 Å². The molecule has 154 valence electrons. The zero-order valence-corrected chi connectivity index (χ0v) is 20.7. The van der Waals surface area contributed by atoms with Crippen LogP contribution in [0, 0.1) is 13.8 Å². The second kappa shape index (κ2) is 6.61. The van der Waals surface area contributed by atoms with Crippen molar-refractivity contribution in [2.75, 3.05) is 0 Å². The third kappa shape index (κ3) is 2.89. The maximum absolute atomic E-state index is 4.89. The number of benzene rings is 2. The van der Waals surface area contributed by atoms with E-state index in [1.165, 1.54) is 61.9 Å². The van der Waals surface area contributed by atoms with Gasteiger partial charge in [0.15, 0.2) is 0 Å². The molecule has 0 aliphatic heterocycles. The van der Waals surface area contributed by atoms with Gasteiger partial charge in [0.2, 0.25) is 0 Å². The minimum atomic E-state index is 0.0902. The Hall–Kier alpha value is -2.27. The molecule has 6 aromatic rings. The molecule has 2 aromatic carbocycles. The zero-order chi connectivity index (χ0) is 21.5. The summed E-state index contributed by atoms with van der Waals surface area (Å²) in [5, 5.41) is 7.58. The topological polar surface area (TPSA) is 12.9 Å². The van der Waals surface area contributed by atoms with E-state index in [0.29, 0.717) is 0 Å². The zero-order valence-electron chi connectivity index (χ0n) is 18.3. The van der Waals surface area contributed by atoms with Gasteiger partial charge in [0.05, 0.1) is 10.4 Å². The summed E-state index contributed by atoms with van der Waals surface area (Å²) in [5.74, 6) is 0. The van der Waals surface area contributed by atoms with Crippen LogP contribution in [-0.4, -0.2) is 4.98 Å². The van der Waals surface area contributed by atoms with Crippen LogP contribution in [0.2, 0.25) is 0 Å². The van der Waals surface area contributed by atoms with Crippen molar-refractivity contribution in [3.05, 3.63) is 64.0 Å². The first-order chi connectivity index (χ1) is 14.8. The summed E-state index contributed by atoms with van der Waals surface area (Å²) < 4.78 is 5.42. The highest BCUT2D eigenvalue weighted by Gasteiger charge is 2.21. The first-order valence-electron chi connectivity index (χ1n) is 10.5. The predicted octanol–water partition coefficient (Wildman–Crippen LogP) is 9.46. The molecule has 0 N–H and O–H groups in total. The fraction of sp³-hybridized carbons (Fsp3) is 0.222. The molecule has 0 radical (unpaired) electrons. The Morgan fingerprint density at radius 1 is 0.806 bits per heavy atom. The highest BCUT2D eigenvalue weighted by molar-refractivity contribution is 7.27. The number of pyridine rings is 1. The third-order valence-corrected chi connectivity index (χ3v) is 9.62. The number of fused-ring (bicyclic) bond motifs is 5. The fourth-order valence-electron chi connectivity index (χ4n) is 4.52. The number of aryl methyl sites for hydroxylation is 2. The van der Waals surface area contributed by atoms with E-state index in [1.54, 1.807) is 0 Å². The van der Waals surface area contributed by atoms with Crippen LogP contribution in [0.5, 0.6) is 0 Å². The molecule has 0 bridgehead atoms. The second-order valence-corrected chi connectivity index (χ2v) is 12.6. The molecule has 4 aromatic heterocycles. The Kier molecular flexibility index (Phi) is 4.14. The quantitative estimate of drug-likeness (QED) is 0.239. The molecule has 6 rings (SSSR count). The first kappa shape index (κ1) is 19.4. The lowest BCUT2D eigenvalue weighted by atomic mass is 9.85. The molecule has 0 aliphatic rings. The van der Waals surface area contributed by atoms with Crippen LogP contribution in [-0.2, 0) is 5.41 Å². The van der Waals surface area contributed by atoms with Gasteiger partial charge in [-0.05, 0) is 82.9 Å². The van der Waals surface area contributed by atoms with E-state index in [4.69, 9.17) is 4.98 Å². The third-order valence-electron chi connectivity index (χ3n) is 6.32. The molecule has 0 aliphatic carbocycles. The van der Waals surface area contributed by atoms with Crippen molar-refractivity contribution in [2.24, 2.45) is 0 Å². The van der Waals surface area contributed by atoms with Crippen LogP contribution in [0.1, 0.15) is 36.8 Å². The van der Waals surface area contributed by atoms with E-state index < -0.39 is 0 Å². The van der Waals surface area contributed by atoms with E-state index >= 15 is 0 Å². The molecule has 4 heterocycles. The molecular weight excluding hydrogens is 435 g/mol. The number of aromatic nitrogens is 1. The molecule has 0 saturated carbocycles. The predicted molar refractivity (Wildman–Crippen MR) is 142 cm³/mol. The number of rotatable bonds is 1. The van der Waals surface area contributed by atoms with Crippen molar-refractivity contribution in [1.29, 1.82) is 0 Å². The Labute approximate surface area is 194 Å². The normalized spacial score (nSPS) is 12.7. The highest BCUT2D eigenvalue weighted by Crippen LogP contribution is 2.44. The lowest BCUT2D eigenvalue weighted by molar-refractivity contribution is 0.597. The molecule has 0 fully saturated rings. The van der Waals surface area contributed by atoms with E-state index in [2.05, 4.69) is 76.4 Å². The number of nitrogens with zero attached hydrogens (tertiary/aromatic N) is 1. The maximum atomic E-state index is 4.89. The van der Waals surface area contributed by atoms with Crippen molar-refractivity contribution < 1.29 is 0 Å². The van der Waals surface area contributed by atoms with Crippen molar-refractivity contribution in [3.8, 4) is 11.3 Å². The van der Waals surface area contributed by atoms with Gasteiger partial charge < -0.3 is 0 Å². The van der Waals surface area contributed by atoms with Crippen LogP contribution in [0.4, 0.5) is 0 Å². The average molecular weight is 458 g/mol. The molecule has 0 unspecified atom stereocenters. The largest absolute Gasteiger partial charge is 0.255 e. The van der Waals surface area contributed by atoms with E-state index in [1.807, 2.05) is 40.2 Å². The van der Waals surface area contributed by atoms with E-state index in [9.17, 15) is 0 Å². The molecule has 0 saturated heterocycles. The summed E-state index contributed by atoms with van der Waals surface area (Å²) in [4.78, 5) is 6.31. The molecule has 1 nitrogen and oxygen atoms in total. The Morgan fingerprint density at radius 2 is 1.61 bits per heavy atom. The second-order valence-electron chi connectivity index (χ2n) is 9.38. The average Bonchev–Trinajstić information content (AvgIpc) is 3.41. The monoisotopic (exact) mass is 457 g/mol. The minimum absolute atomic E-state index is 0.0902. The summed E-state index contributed by atoms with van der Waals surface area (Å²) in [6, 6.07) is 13.9. The van der Waals surface area contributed by atoms with Gasteiger partial charge in [-0.25, -0.2) is 0 Å². The lowest BCUT2D eigenvalue weighted by Crippen LogP contribution is -2.11. The van der Waals surface area contributed by atoms with Crippen LogP contribution in [0.25, 0.3) is 51.6 Å². The number of hydrogen-bond donors (Lipinski definition) is 0. The van der Waals surface area contributed by atoms with Gasteiger partial charge in [-0.1, -0.05) is 20.8 Å². The molecule has 0 spiro atoms.